The molecule has 0 bridgehead atoms. The molecule has 1 aromatic rings. The Morgan fingerprint density at radius 3 is 2.17 bits per heavy atom. The summed E-state index contributed by atoms with van der Waals surface area (Å²) in [4.78, 5) is 23.8. The van der Waals surface area contributed by atoms with Crippen LogP contribution in [0.5, 0.6) is 0 Å². The van der Waals surface area contributed by atoms with Gasteiger partial charge in [0.1, 0.15) is 0 Å². The van der Waals surface area contributed by atoms with Crippen LogP contribution in [-0.4, -0.2) is 17.9 Å². The van der Waals surface area contributed by atoms with Gasteiger partial charge in [-0.05, 0) is 55.9 Å². The van der Waals surface area contributed by atoms with Gasteiger partial charge in [-0.15, -0.1) is 0 Å². The van der Waals surface area contributed by atoms with Gasteiger partial charge in [-0.1, -0.05) is 12.8 Å². The molecule has 0 aliphatic heterocycles. The van der Waals surface area contributed by atoms with Crippen molar-refractivity contribution in [1.82, 2.24) is 0 Å². The number of carbonyl (C=O) groups excluding carboxylic acids is 2. The van der Waals surface area contributed by atoms with Crippen LogP contribution in [0.1, 0.15) is 44.9 Å². The van der Waals surface area contributed by atoms with Gasteiger partial charge >= 0.3 is 0 Å². The van der Waals surface area contributed by atoms with E-state index >= 15 is 0 Å². The highest BCUT2D eigenvalue weighted by molar-refractivity contribution is 5.95. The van der Waals surface area contributed by atoms with Crippen molar-refractivity contribution in [3.05, 3.63) is 24.3 Å². The first-order chi connectivity index (χ1) is 11.1. The molecule has 2 atom stereocenters. The van der Waals surface area contributed by atoms with Crippen LogP contribution in [0.25, 0.3) is 0 Å². The zero-order chi connectivity index (χ0) is 16.2. The third-order valence-corrected chi connectivity index (χ3v) is 4.80. The molecule has 2 unspecified atom stereocenters. The minimum absolute atomic E-state index is 0.0158. The lowest BCUT2D eigenvalue weighted by atomic mass is 9.83. The highest BCUT2D eigenvalue weighted by atomic mass is 16.2. The van der Waals surface area contributed by atoms with Crippen molar-refractivity contribution in [2.75, 3.05) is 10.6 Å². The van der Waals surface area contributed by atoms with E-state index in [0.717, 1.165) is 37.1 Å². The lowest BCUT2D eigenvalue weighted by molar-refractivity contribution is -0.118. The molecule has 2 saturated carbocycles. The molecule has 2 aliphatic rings. The molecule has 4 N–H and O–H groups in total. The largest absolute Gasteiger partial charge is 0.327 e. The number of amides is 2. The van der Waals surface area contributed by atoms with Crippen molar-refractivity contribution >= 4 is 23.2 Å². The van der Waals surface area contributed by atoms with Crippen molar-refractivity contribution in [2.45, 2.75) is 51.0 Å². The van der Waals surface area contributed by atoms with E-state index in [0.29, 0.717) is 12.3 Å². The van der Waals surface area contributed by atoms with Gasteiger partial charge in [0.05, 0.1) is 0 Å². The van der Waals surface area contributed by atoms with Gasteiger partial charge in [-0.2, -0.15) is 0 Å². The van der Waals surface area contributed by atoms with Gasteiger partial charge in [0.15, 0.2) is 0 Å². The van der Waals surface area contributed by atoms with E-state index in [4.69, 9.17) is 5.73 Å². The van der Waals surface area contributed by atoms with Crippen LogP contribution in [0, 0.1) is 11.8 Å². The monoisotopic (exact) mass is 315 g/mol. The van der Waals surface area contributed by atoms with E-state index in [1.54, 1.807) is 0 Å². The van der Waals surface area contributed by atoms with Gasteiger partial charge in [0.2, 0.25) is 11.8 Å². The number of nitrogens with two attached hydrogens (primary N) is 1. The second kappa shape index (κ2) is 7.13. The molecule has 0 spiro atoms. The normalized spacial score (nSPS) is 24.0. The second-order valence-corrected chi connectivity index (χ2v) is 6.80. The summed E-state index contributed by atoms with van der Waals surface area (Å²) >= 11 is 0. The number of nitrogens with one attached hydrogen (secondary N) is 2. The first-order valence-electron chi connectivity index (χ1n) is 8.58. The van der Waals surface area contributed by atoms with Crippen molar-refractivity contribution in [1.29, 1.82) is 0 Å². The highest BCUT2D eigenvalue weighted by Gasteiger charge is 2.29. The Balaban J connectivity index is 1.49. The summed E-state index contributed by atoms with van der Waals surface area (Å²) in [6, 6.07) is 7.43. The zero-order valence-corrected chi connectivity index (χ0v) is 13.4. The van der Waals surface area contributed by atoms with E-state index in [-0.39, 0.29) is 23.8 Å². The first-order valence-corrected chi connectivity index (χ1v) is 8.58. The Hall–Kier alpha value is -1.88. The number of anilines is 2. The molecule has 0 aromatic heterocycles. The van der Waals surface area contributed by atoms with Crippen LogP contribution in [0.3, 0.4) is 0 Å². The maximum Gasteiger partial charge on any atom is 0.227 e. The Labute approximate surface area is 137 Å². The third kappa shape index (κ3) is 4.55. The molecule has 5 heteroatoms. The Morgan fingerprint density at radius 1 is 0.957 bits per heavy atom. The Kier molecular flexibility index (Phi) is 4.96. The summed E-state index contributed by atoms with van der Waals surface area (Å²) in [5, 5.41) is 5.81. The number of hydrogen-bond donors (Lipinski definition) is 3. The summed E-state index contributed by atoms with van der Waals surface area (Å²) in [6.07, 6.45) is 6.87. The van der Waals surface area contributed by atoms with Crippen LogP contribution in [-0.2, 0) is 9.59 Å². The summed E-state index contributed by atoms with van der Waals surface area (Å²) in [5.74, 6) is 0.588. The highest BCUT2D eigenvalue weighted by Crippen LogP contribution is 2.30. The topological polar surface area (TPSA) is 84.2 Å². The molecule has 2 amide bonds. The van der Waals surface area contributed by atoms with Crippen molar-refractivity contribution < 1.29 is 9.59 Å². The first kappa shape index (κ1) is 16.0. The SMILES string of the molecule is NC1CCCCC1CC(=O)Nc1ccc(NC(=O)C2CC2)cc1. The van der Waals surface area contributed by atoms with Crippen molar-refractivity contribution in [2.24, 2.45) is 17.6 Å². The van der Waals surface area contributed by atoms with Crippen LogP contribution in [0.2, 0.25) is 0 Å². The number of benzene rings is 1. The molecule has 124 valence electrons. The molecule has 0 saturated heterocycles. The average Bonchev–Trinajstić information content (AvgIpc) is 3.36. The van der Waals surface area contributed by atoms with Crippen LogP contribution >= 0.6 is 0 Å². The standard InChI is InChI=1S/C18H25N3O2/c19-16-4-2-1-3-13(16)11-17(22)20-14-7-9-15(10-8-14)21-18(23)12-5-6-12/h7-10,12-13,16H,1-6,11,19H2,(H,20,22)(H,21,23). The minimum atomic E-state index is 0.0158. The molecule has 23 heavy (non-hydrogen) atoms. The molecule has 1 aromatic carbocycles. The van der Waals surface area contributed by atoms with Crippen molar-refractivity contribution in [3.63, 3.8) is 0 Å². The van der Waals surface area contributed by atoms with Gasteiger partial charge in [0, 0.05) is 29.8 Å². The maximum absolute atomic E-state index is 12.2. The molecule has 5 nitrogen and oxygen atoms in total. The summed E-state index contributed by atoms with van der Waals surface area (Å²) < 4.78 is 0. The molecular weight excluding hydrogens is 290 g/mol. The van der Waals surface area contributed by atoms with E-state index in [2.05, 4.69) is 10.6 Å². The van der Waals surface area contributed by atoms with Gasteiger partial charge in [-0.3, -0.25) is 9.59 Å². The molecule has 0 heterocycles. The third-order valence-electron chi connectivity index (χ3n) is 4.80. The molecule has 0 radical (unpaired) electrons. The predicted molar refractivity (Wildman–Crippen MR) is 91.0 cm³/mol. The zero-order valence-electron chi connectivity index (χ0n) is 13.4. The summed E-state index contributed by atoms with van der Waals surface area (Å²) in [6.45, 7) is 0. The van der Waals surface area contributed by atoms with Crippen LogP contribution < -0.4 is 16.4 Å². The fourth-order valence-electron chi connectivity index (χ4n) is 3.17. The van der Waals surface area contributed by atoms with E-state index in [1.807, 2.05) is 24.3 Å². The minimum Gasteiger partial charge on any atom is -0.327 e. The summed E-state index contributed by atoms with van der Waals surface area (Å²) in [5.41, 5.74) is 7.62. The number of rotatable bonds is 5. The maximum atomic E-state index is 12.2. The second-order valence-electron chi connectivity index (χ2n) is 6.80. The summed E-state index contributed by atoms with van der Waals surface area (Å²) in [7, 11) is 0. The number of carbonyl (C=O) groups is 2. The lowest BCUT2D eigenvalue weighted by Gasteiger charge is -2.27. The molecule has 3 rings (SSSR count). The van der Waals surface area contributed by atoms with E-state index < -0.39 is 0 Å². The van der Waals surface area contributed by atoms with Crippen LogP contribution in [0.4, 0.5) is 11.4 Å². The molecular formula is C18H25N3O2. The lowest BCUT2D eigenvalue weighted by Crippen LogP contribution is -2.35. The van der Waals surface area contributed by atoms with Crippen molar-refractivity contribution in [3.8, 4) is 0 Å². The number of hydrogen-bond acceptors (Lipinski definition) is 3. The Morgan fingerprint density at radius 2 is 1.57 bits per heavy atom. The molecule has 2 aliphatic carbocycles. The van der Waals surface area contributed by atoms with E-state index in [9.17, 15) is 9.59 Å². The van der Waals surface area contributed by atoms with Gasteiger partial charge < -0.3 is 16.4 Å². The van der Waals surface area contributed by atoms with E-state index in [1.165, 1.54) is 12.8 Å². The quantitative estimate of drug-likeness (QED) is 0.781. The average molecular weight is 315 g/mol. The van der Waals surface area contributed by atoms with Gasteiger partial charge in [-0.25, -0.2) is 0 Å². The molecule has 2 fully saturated rings. The fraction of sp³-hybridized carbons (Fsp3) is 0.556. The smallest absolute Gasteiger partial charge is 0.227 e. The van der Waals surface area contributed by atoms with Gasteiger partial charge in [0.25, 0.3) is 0 Å². The predicted octanol–water partition coefficient (Wildman–Crippen LogP) is 2.88. The fourth-order valence-corrected chi connectivity index (χ4v) is 3.17. The van der Waals surface area contributed by atoms with Crippen LogP contribution in [0.15, 0.2) is 24.3 Å². The Bertz CT molecular complexity index is 566.